The highest BCUT2D eigenvalue weighted by Crippen LogP contribution is 2.29. The summed E-state index contributed by atoms with van der Waals surface area (Å²) in [5.74, 6) is 1.05. The Morgan fingerprint density at radius 3 is 2.58 bits per heavy atom. The van der Waals surface area contributed by atoms with E-state index in [0.717, 1.165) is 31.5 Å². The van der Waals surface area contributed by atoms with Crippen molar-refractivity contribution in [3.8, 4) is 11.5 Å². The van der Waals surface area contributed by atoms with Crippen molar-refractivity contribution in [2.45, 2.75) is 25.5 Å². The summed E-state index contributed by atoms with van der Waals surface area (Å²) in [5, 5.41) is 7.06. The molecule has 1 amide bonds. The number of carbonyl (C=O) groups excluding carboxylic acids is 1. The molecule has 1 fully saturated rings. The zero-order valence-electron chi connectivity index (χ0n) is 14.8. The fourth-order valence-electron chi connectivity index (χ4n) is 2.90. The van der Waals surface area contributed by atoms with Gasteiger partial charge in [-0.25, -0.2) is 0 Å². The number of nitrogens with one attached hydrogen (secondary N) is 2. The number of ether oxygens (including phenoxy) is 2. The van der Waals surface area contributed by atoms with Gasteiger partial charge in [0.2, 0.25) is 0 Å². The Morgan fingerprint density at radius 1 is 1.15 bits per heavy atom. The van der Waals surface area contributed by atoms with Crippen LogP contribution < -0.4 is 20.1 Å². The normalized spacial score (nSPS) is 14.7. The summed E-state index contributed by atoms with van der Waals surface area (Å²) in [6.07, 6.45) is 1.90. The van der Waals surface area contributed by atoms with E-state index in [1.807, 2.05) is 24.3 Å². The van der Waals surface area contributed by atoms with Gasteiger partial charge < -0.3 is 20.1 Å². The monoisotopic (exact) mass is 374 g/mol. The van der Waals surface area contributed by atoms with E-state index in [2.05, 4.69) is 10.6 Å². The average Bonchev–Trinajstić information content (AvgIpc) is 2.68. The second-order valence-electron chi connectivity index (χ2n) is 6.28. The van der Waals surface area contributed by atoms with E-state index in [0.29, 0.717) is 28.7 Å². The number of amides is 1. The molecule has 1 saturated heterocycles. The lowest BCUT2D eigenvalue weighted by Crippen LogP contribution is -2.42. The molecular formula is C20H23ClN2O3. The Labute approximate surface area is 158 Å². The molecule has 0 spiro atoms. The lowest BCUT2D eigenvalue weighted by Gasteiger charge is -2.23. The van der Waals surface area contributed by atoms with Crippen LogP contribution in [-0.2, 0) is 6.61 Å². The minimum absolute atomic E-state index is 0.0838. The molecule has 1 aliphatic rings. The Kier molecular flexibility index (Phi) is 6.36. The molecule has 5 nitrogen and oxygen atoms in total. The molecule has 0 radical (unpaired) electrons. The quantitative estimate of drug-likeness (QED) is 0.813. The van der Waals surface area contributed by atoms with Crippen molar-refractivity contribution in [1.82, 2.24) is 10.6 Å². The van der Waals surface area contributed by atoms with Gasteiger partial charge in [-0.05, 0) is 61.8 Å². The van der Waals surface area contributed by atoms with Crippen molar-refractivity contribution >= 4 is 17.5 Å². The molecule has 0 aliphatic carbocycles. The standard InChI is InChI=1S/C20H23ClN2O3/c1-25-19-12-15(20(24)23-17-8-10-22-11-9-17)4-7-18(19)26-13-14-2-5-16(21)6-3-14/h2-7,12,17,22H,8-11,13H2,1H3,(H,23,24). The van der Waals surface area contributed by atoms with Crippen molar-refractivity contribution in [2.24, 2.45) is 0 Å². The van der Waals surface area contributed by atoms with Gasteiger partial charge in [-0.15, -0.1) is 0 Å². The van der Waals surface area contributed by atoms with Gasteiger partial charge in [0.05, 0.1) is 7.11 Å². The summed E-state index contributed by atoms with van der Waals surface area (Å²) in [7, 11) is 1.57. The second kappa shape index (κ2) is 8.92. The van der Waals surface area contributed by atoms with E-state index in [9.17, 15) is 4.79 Å². The van der Waals surface area contributed by atoms with Gasteiger partial charge in [0.1, 0.15) is 6.61 Å². The van der Waals surface area contributed by atoms with Crippen LogP contribution in [0.25, 0.3) is 0 Å². The van der Waals surface area contributed by atoms with Crippen LogP contribution in [-0.4, -0.2) is 32.1 Å². The zero-order valence-corrected chi connectivity index (χ0v) is 15.5. The molecule has 3 rings (SSSR count). The van der Waals surface area contributed by atoms with E-state index < -0.39 is 0 Å². The maximum atomic E-state index is 12.5. The van der Waals surface area contributed by atoms with Crippen molar-refractivity contribution < 1.29 is 14.3 Å². The third-order valence-corrected chi connectivity index (χ3v) is 4.66. The summed E-state index contributed by atoms with van der Waals surface area (Å²) >= 11 is 5.89. The number of halogens is 1. The fourth-order valence-corrected chi connectivity index (χ4v) is 3.03. The first kappa shape index (κ1) is 18.5. The number of rotatable bonds is 6. The summed E-state index contributed by atoms with van der Waals surface area (Å²) in [5.41, 5.74) is 1.57. The smallest absolute Gasteiger partial charge is 0.251 e. The molecule has 26 heavy (non-hydrogen) atoms. The van der Waals surface area contributed by atoms with Gasteiger partial charge in [0, 0.05) is 16.6 Å². The summed E-state index contributed by atoms with van der Waals surface area (Å²) in [6.45, 7) is 2.27. The molecule has 0 bridgehead atoms. The van der Waals surface area contributed by atoms with E-state index in [-0.39, 0.29) is 11.9 Å². The van der Waals surface area contributed by atoms with Crippen LogP contribution in [0.5, 0.6) is 11.5 Å². The lowest BCUT2D eigenvalue weighted by atomic mass is 10.1. The molecule has 0 aromatic heterocycles. The molecule has 0 saturated carbocycles. The van der Waals surface area contributed by atoms with Gasteiger partial charge in [-0.1, -0.05) is 23.7 Å². The van der Waals surface area contributed by atoms with Crippen molar-refractivity contribution in [3.63, 3.8) is 0 Å². The first-order valence-electron chi connectivity index (χ1n) is 8.72. The van der Waals surface area contributed by atoms with Crippen LogP contribution in [0.15, 0.2) is 42.5 Å². The van der Waals surface area contributed by atoms with Crippen LogP contribution in [0.1, 0.15) is 28.8 Å². The minimum atomic E-state index is -0.0838. The molecule has 0 unspecified atom stereocenters. The van der Waals surface area contributed by atoms with E-state index in [1.165, 1.54) is 0 Å². The molecule has 6 heteroatoms. The van der Waals surface area contributed by atoms with Gasteiger partial charge in [-0.2, -0.15) is 0 Å². The number of hydrogen-bond acceptors (Lipinski definition) is 4. The highest BCUT2D eigenvalue weighted by Gasteiger charge is 2.17. The lowest BCUT2D eigenvalue weighted by molar-refractivity contribution is 0.0929. The molecule has 0 atom stereocenters. The maximum absolute atomic E-state index is 12.5. The fraction of sp³-hybridized carbons (Fsp3) is 0.350. The topological polar surface area (TPSA) is 59.6 Å². The molecule has 1 heterocycles. The molecule has 2 aromatic carbocycles. The molecule has 2 N–H and O–H groups in total. The number of methoxy groups -OCH3 is 1. The van der Waals surface area contributed by atoms with Gasteiger partial charge >= 0.3 is 0 Å². The van der Waals surface area contributed by atoms with Crippen molar-refractivity contribution in [1.29, 1.82) is 0 Å². The predicted octanol–water partition coefficient (Wildman–Crippen LogP) is 3.41. The SMILES string of the molecule is COc1cc(C(=O)NC2CCNCC2)ccc1OCc1ccc(Cl)cc1. The Balaban J connectivity index is 1.64. The van der Waals surface area contributed by atoms with E-state index in [1.54, 1.807) is 25.3 Å². The first-order chi connectivity index (χ1) is 12.7. The molecule has 1 aliphatic heterocycles. The zero-order chi connectivity index (χ0) is 18.4. The third-order valence-electron chi connectivity index (χ3n) is 4.41. The predicted molar refractivity (Wildman–Crippen MR) is 102 cm³/mol. The number of benzene rings is 2. The van der Waals surface area contributed by atoms with Crippen LogP contribution in [0.3, 0.4) is 0 Å². The van der Waals surface area contributed by atoms with Gasteiger partial charge in [0.15, 0.2) is 11.5 Å². The summed E-state index contributed by atoms with van der Waals surface area (Å²) < 4.78 is 11.2. The number of carbonyl (C=O) groups is 1. The average molecular weight is 375 g/mol. The third kappa shape index (κ3) is 4.90. The van der Waals surface area contributed by atoms with Gasteiger partial charge in [0.25, 0.3) is 5.91 Å². The van der Waals surface area contributed by atoms with E-state index in [4.69, 9.17) is 21.1 Å². The largest absolute Gasteiger partial charge is 0.493 e. The van der Waals surface area contributed by atoms with Crippen LogP contribution in [0.4, 0.5) is 0 Å². The van der Waals surface area contributed by atoms with Gasteiger partial charge in [-0.3, -0.25) is 4.79 Å². The van der Waals surface area contributed by atoms with Crippen molar-refractivity contribution in [3.05, 3.63) is 58.6 Å². The molecule has 138 valence electrons. The first-order valence-corrected chi connectivity index (χ1v) is 9.10. The highest BCUT2D eigenvalue weighted by molar-refractivity contribution is 6.30. The second-order valence-corrected chi connectivity index (χ2v) is 6.71. The highest BCUT2D eigenvalue weighted by atomic mass is 35.5. The van der Waals surface area contributed by atoms with Crippen LogP contribution in [0.2, 0.25) is 5.02 Å². The molecular weight excluding hydrogens is 352 g/mol. The summed E-state index contributed by atoms with van der Waals surface area (Å²) in [4.78, 5) is 12.5. The Bertz CT molecular complexity index is 743. The number of hydrogen-bond donors (Lipinski definition) is 2. The maximum Gasteiger partial charge on any atom is 0.251 e. The Hall–Kier alpha value is -2.24. The number of piperidine rings is 1. The molecule has 2 aromatic rings. The van der Waals surface area contributed by atoms with Crippen LogP contribution >= 0.6 is 11.6 Å². The minimum Gasteiger partial charge on any atom is -0.493 e. The van der Waals surface area contributed by atoms with Crippen LogP contribution in [0, 0.1) is 0 Å². The summed E-state index contributed by atoms with van der Waals surface area (Å²) in [6, 6.07) is 12.9. The Morgan fingerprint density at radius 2 is 1.88 bits per heavy atom. The van der Waals surface area contributed by atoms with E-state index >= 15 is 0 Å². The van der Waals surface area contributed by atoms with Crippen molar-refractivity contribution in [2.75, 3.05) is 20.2 Å².